The molecule has 1 heterocycles. The van der Waals surface area contributed by atoms with Crippen molar-refractivity contribution in [2.24, 2.45) is 17.4 Å². The van der Waals surface area contributed by atoms with E-state index in [1.165, 1.54) is 0 Å². The van der Waals surface area contributed by atoms with Gasteiger partial charge in [-0.05, 0) is 6.42 Å². The summed E-state index contributed by atoms with van der Waals surface area (Å²) in [6.07, 6.45) is -0.149. The van der Waals surface area contributed by atoms with E-state index in [1.54, 1.807) is 0 Å². The summed E-state index contributed by atoms with van der Waals surface area (Å²) in [4.78, 5) is 33.3. The number of nitrogens with one attached hydrogen (secondary N) is 1. The lowest BCUT2D eigenvalue weighted by atomic mass is 10.0. The van der Waals surface area contributed by atoms with Crippen LogP contribution in [0.3, 0.4) is 0 Å². The van der Waals surface area contributed by atoms with Crippen LogP contribution in [0.2, 0.25) is 0 Å². The Bertz CT molecular complexity index is 346. The average molecular weight is 259 g/mol. The van der Waals surface area contributed by atoms with Gasteiger partial charge in [0.05, 0.1) is 19.1 Å². The van der Waals surface area contributed by atoms with Gasteiger partial charge in [0.25, 0.3) is 0 Å². The normalized spacial score (nSPS) is 24.5. The van der Waals surface area contributed by atoms with Gasteiger partial charge < -0.3 is 26.6 Å². The number of primary amides is 1. The van der Waals surface area contributed by atoms with Crippen molar-refractivity contribution in [2.75, 3.05) is 13.2 Å². The number of carbonyl (C=O) groups excluding carboxylic acids is 2. The molecule has 3 atom stereocenters. The van der Waals surface area contributed by atoms with Gasteiger partial charge in [-0.1, -0.05) is 0 Å². The third-order valence-corrected chi connectivity index (χ3v) is 2.76. The smallest absolute Gasteiger partial charge is 0.326 e. The van der Waals surface area contributed by atoms with Crippen molar-refractivity contribution in [2.45, 2.75) is 24.9 Å². The summed E-state index contributed by atoms with van der Waals surface area (Å²) < 4.78 is 5.02. The number of amides is 2. The number of carboxylic acids is 1. The predicted octanol–water partition coefficient (Wildman–Crippen LogP) is -2.20. The van der Waals surface area contributed by atoms with Gasteiger partial charge in [-0.15, -0.1) is 0 Å². The van der Waals surface area contributed by atoms with Gasteiger partial charge in [0.15, 0.2) is 0 Å². The largest absolute Gasteiger partial charge is 0.480 e. The third kappa shape index (κ3) is 3.97. The van der Waals surface area contributed by atoms with Crippen molar-refractivity contribution in [3.63, 3.8) is 0 Å². The zero-order valence-electron chi connectivity index (χ0n) is 9.80. The first-order valence-corrected chi connectivity index (χ1v) is 5.56. The van der Waals surface area contributed by atoms with Crippen molar-refractivity contribution >= 4 is 17.8 Å². The molecule has 1 aliphatic rings. The molecular formula is C10H17N3O5. The molecule has 6 N–H and O–H groups in total. The Morgan fingerprint density at radius 2 is 2.06 bits per heavy atom. The van der Waals surface area contributed by atoms with Crippen LogP contribution in [0.4, 0.5) is 0 Å². The number of hydrogen-bond acceptors (Lipinski definition) is 5. The zero-order valence-corrected chi connectivity index (χ0v) is 9.80. The second-order valence-electron chi connectivity index (χ2n) is 4.21. The van der Waals surface area contributed by atoms with E-state index < -0.39 is 35.8 Å². The molecule has 0 aromatic carbocycles. The molecule has 102 valence electrons. The number of hydrogen-bond donors (Lipinski definition) is 4. The molecule has 8 nitrogen and oxygen atoms in total. The third-order valence-electron chi connectivity index (χ3n) is 2.76. The van der Waals surface area contributed by atoms with E-state index in [9.17, 15) is 14.4 Å². The molecule has 0 aromatic rings. The SMILES string of the molecule is NC(=O)CC[C@@H](NC(=O)C1COCC1N)C(=O)O. The summed E-state index contributed by atoms with van der Waals surface area (Å²) in [7, 11) is 0. The maximum atomic E-state index is 11.8. The highest BCUT2D eigenvalue weighted by Gasteiger charge is 2.33. The lowest BCUT2D eigenvalue weighted by Gasteiger charge is -2.18. The Balaban J connectivity index is 2.52. The Morgan fingerprint density at radius 1 is 1.39 bits per heavy atom. The van der Waals surface area contributed by atoms with Gasteiger partial charge in [-0.2, -0.15) is 0 Å². The highest BCUT2D eigenvalue weighted by molar-refractivity contribution is 5.86. The van der Waals surface area contributed by atoms with Crippen LogP contribution in [0, 0.1) is 5.92 Å². The van der Waals surface area contributed by atoms with Crippen molar-refractivity contribution in [1.29, 1.82) is 0 Å². The topological polar surface area (TPSA) is 145 Å². The average Bonchev–Trinajstić information content (AvgIpc) is 2.69. The molecule has 0 aliphatic carbocycles. The van der Waals surface area contributed by atoms with Gasteiger partial charge >= 0.3 is 5.97 Å². The second kappa shape index (κ2) is 6.31. The molecule has 2 unspecified atom stereocenters. The van der Waals surface area contributed by atoms with E-state index in [-0.39, 0.29) is 26.1 Å². The van der Waals surface area contributed by atoms with E-state index in [0.717, 1.165) is 0 Å². The Hall–Kier alpha value is -1.67. The van der Waals surface area contributed by atoms with Crippen molar-refractivity contribution in [3.05, 3.63) is 0 Å². The molecule has 2 amide bonds. The van der Waals surface area contributed by atoms with Crippen LogP contribution in [-0.4, -0.2) is 48.2 Å². The molecule has 1 aliphatic heterocycles. The number of carboxylic acid groups (broad SMARTS) is 1. The van der Waals surface area contributed by atoms with Crippen LogP contribution in [0.5, 0.6) is 0 Å². The molecule has 0 spiro atoms. The fourth-order valence-electron chi connectivity index (χ4n) is 1.66. The molecule has 1 saturated heterocycles. The monoisotopic (exact) mass is 259 g/mol. The summed E-state index contributed by atoms with van der Waals surface area (Å²) in [6.45, 7) is 0.451. The van der Waals surface area contributed by atoms with Crippen LogP contribution < -0.4 is 16.8 Å². The predicted molar refractivity (Wildman–Crippen MR) is 60.3 cm³/mol. The van der Waals surface area contributed by atoms with E-state index in [2.05, 4.69) is 5.32 Å². The zero-order chi connectivity index (χ0) is 13.7. The summed E-state index contributed by atoms with van der Waals surface area (Å²) >= 11 is 0. The lowest BCUT2D eigenvalue weighted by Crippen LogP contribution is -2.48. The van der Waals surface area contributed by atoms with Crippen LogP contribution in [0.1, 0.15) is 12.8 Å². The van der Waals surface area contributed by atoms with Crippen molar-refractivity contribution in [1.82, 2.24) is 5.32 Å². The fourth-order valence-corrected chi connectivity index (χ4v) is 1.66. The Morgan fingerprint density at radius 3 is 2.50 bits per heavy atom. The van der Waals surface area contributed by atoms with Crippen LogP contribution in [0.25, 0.3) is 0 Å². The summed E-state index contributed by atoms with van der Waals surface area (Å²) in [5.74, 6) is -2.86. The summed E-state index contributed by atoms with van der Waals surface area (Å²) in [6, 6.07) is -1.58. The number of rotatable bonds is 6. The fraction of sp³-hybridized carbons (Fsp3) is 0.700. The van der Waals surface area contributed by atoms with Crippen molar-refractivity contribution < 1.29 is 24.2 Å². The first-order chi connectivity index (χ1) is 8.41. The second-order valence-corrected chi connectivity index (χ2v) is 4.21. The minimum atomic E-state index is -1.21. The molecule has 0 bridgehead atoms. The first-order valence-electron chi connectivity index (χ1n) is 5.56. The standard InChI is InChI=1S/C10H17N3O5/c11-6-4-18-3-5(6)9(15)13-7(10(16)17)1-2-8(12)14/h5-7H,1-4,11H2,(H2,12,14)(H,13,15)(H,16,17)/t5?,6?,7-/m1/s1. The molecule has 0 radical (unpaired) electrons. The minimum absolute atomic E-state index is 0.0424. The minimum Gasteiger partial charge on any atom is -0.480 e. The van der Waals surface area contributed by atoms with E-state index in [4.69, 9.17) is 21.3 Å². The number of ether oxygens (including phenoxy) is 1. The maximum Gasteiger partial charge on any atom is 0.326 e. The summed E-state index contributed by atoms with van der Waals surface area (Å²) in [5.41, 5.74) is 10.6. The van der Waals surface area contributed by atoms with Gasteiger partial charge in [-0.3, -0.25) is 9.59 Å². The summed E-state index contributed by atoms with van der Waals surface area (Å²) in [5, 5.41) is 11.3. The molecule has 0 aromatic heterocycles. The van der Waals surface area contributed by atoms with Crippen LogP contribution in [0.15, 0.2) is 0 Å². The number of carbonyl (C=O) groups is 3. The van der Waals surface area contributed by atoms with Crippen LogP contribution >= 0.6 is 0 Å². The highest BCUT2D eigenvalue weighted by atomic mass is 16.5. The maximum absolute atomic E-state index is 11.8. The Labute approximate surface area is 104 Å². The van der Waals surface area contributed by atoms with E-state index >= 15 is 0 Å². The molecule has 18 heavy (non-hydrogen) atoms. The highest BCUT2D eigenvalue weighted by Crippen LogP contribution is 2.12. The molecule has 0 saturated carbocycles. The first kappa shape index (κ1) is 14.4. The van der Waals surface area contributed by atoms with E-state index in [0.29, 0.717) is 0 Å². The van der Waals surface area contributed by atoms with Gasteiger partial charge in [0.1, 0.15) is 6.04 Å². The van der Waals surface area contributed by atoms with Gasteiger partial charge in [0.2, 0.25) is 11.8 Å². The van der Waals surface area contributed by atoms with Gasteiger partial charge in [0, 0.05) is 12.5 Å². The number of nitrogens with two attached hydrogens (primary N) is 2. The Kier molecular flexibility index (Phi) is 5.05. The quantitative estimate of drug-likeness (QED) is 0.425. The molecule has 1 fully saturated rings. The van der Waals surface area contributed by atoms with Crippen LogP contribution in [-0.2, 0) is 19.1 Å². The lowest BCUT2D eigenvalue weighted by molar-refractivity contribution is -0.142. The van der Waals surface area contributed by atoms with E-state index in [1.807, 2.05) is 0 Å². The molecule has 1 rings (SSSR count). The van der Waals surface area contributed by atoms with Gasteiger partial charge in [-0.25, -0.2) is 4.79 Å². The molecular weight excluding hydrogens is 242 g/mol. The number of aliphatic carboxylic acids is 1. The molecule has 8 heteroatoms. The van der Waals surface area contributed by atoms with Crippen molar-refractivity contribution in [3.8, 4) is 0 Å².